The van der Waals surface area contributed by atoms with E-state index in [4.69, 9.17) is 10.0 Å². The van der Waals surface area contributed by atoms with E-state index in [1.807, 2.05) is 0 Å². The molecule has 2 heterocycles. The Bertz CT molecular complexity index is 96.9. The van der Waals surface area contributed by atoms with E-state index in [2.05, 4.69) is 0 Å². The van der Waals surface area contributed by atoms with Gasteiger partial charge in [-0.3, -0.25) is 4.84 Å². The number of hydrogen-bond acceptors (Lipinski definition) is 4. The van der Waals surface area contributed by atoms with Crippen molar-refractivity contribution in [2.24, 2.45) is 0 Å². The first kappa shape index (κ1) is 3.80. The van der Waals surface area contributed by atoms with E-state index in [1.165, 1.54) is 5.06 Å². The maximum Gasteiger partial charge on any atom is 0.231 e. The summed E-state index contributed by atoms with van der Waals surface area (Å²) in [6, 6.07) is 0. The van der Waals surface area contributed by atoms with Crippen LogP contribution < -0.4 is 0 Å². The van der Waals surface area contributed by atoms with Crippen molar-refractivity contribution in [2.45, 2.75) is 6.35 Å². The summed E-state index contributed by atoms with van der Waals surface area (Å²) in [4.78, 5) is 4.77. The summed E-state index contributed by atoms with van der Waals surface area (Å²) in [6.07, 6.45) is -0.0972. The van der Waals surface area contributed by atoms with Gasteiger partial charge in [0, 0.05) is 13.1 Å². The maximum atomic E-state index is 8.71. The van der Waals surface area contributed by atoms with Gasteiger partial charge in [-0.05, 0) is 0 Å². The highest BCUT2D eigenvalue weighted by Crippen LogP contribution is 2.27. The molecule has 0 bridgehead atoms. The molecule has 0 radical (unpaired) electrons. The Kier molecular flexibility index (Phi) is 0.529. The summed E-state index contributed by atoms with van der Waals surface area (Å²) in [6.45, 7) is 1.55. The quantitative estimate of drug-likeness (QED) is 0.407. The first-order valence-electron chi connectivity index (χ1n) is 2.27. The summed E-state index contributed by atoms with van der Waals surface area (Å²) in [7, 11) is 0. The molecule has 0 spiro atoms. The zero-order valence-corrected chi connectivity index (χ0v) is 3.74. The van der Waals surface area contributed by atoms with Gasteiger partial charge in [-0.25, -0.2) is 0 Å². The van der Waals surface area contributed by atoms with Crippen LogP contribution in [0.3, 0.4) is 0 Å². The lowest BCUT2D eigenvalue weighted by Crippen LogP contribution is -2.18. The minimum Gasteiger partial charge on any atom is -0.310 e. The van der Waals surface area contributed by atoms with Crippen LogP contribution >= 0.6 is 0 Å². The third-order valence-electron chi connectivity index (χ3n) is 1.23. The second-order valence-electron chi connectivity index (χ2n) is 1.74. The molecule has 4 nitrogen and oxygen atoms in total. The summed E-state index contributed by atoms with van der Waals surface area (Å²) < 4.78 is 0. The van der Waals surface area contributed by atoms with Crippen molar-refractivity contribution in [3.8, 4) is 0 Å². The monoisotopic (exact) mass is 102 g/mol. The van der Waals surface area contributed by atoms with Gasteiger partial charge >= 0.3 is 0 Å². The summed E-state index contributed by atoms with van der Waals surface area (Å²) in [5, 5.41) is 11.6. The fourth-order valence-corrected chi connectivity index (χ4v) is 0.772. The molecule has 0 aromatic heterocycles. The average Bonchev–Trinajstić information content (AvgIpc) is 2.33. The van der Waals surface area contributed by atoms with E-state index in [0.717, 1.165) is 6.54 Å². The van der Waals surface area contributed by atoms with E-state index in [-0.39, 0.29) is 6.35 Å². The molecule has 1 N–H and O–H groups in total. The molecule has 0 amide bonds. The normalized spacial score (nSPS) is 49.3. The zero-order chi connectivity index (χ0) is 4.85. The Balaban J connectivity index is 2.08. The van der Waals surface area contributed by atoms with Crippen molar-refractivity contribution < 1.29 is 10.0 Å². The van der Waals surface area contributed by atoms with Crippen molar-refractivity contribution >= 4 is 0 Å². The molecule has 2 saturated heterocycles. The highest BCUT2D eigenvalue weighted by molar-refractivity contribution is 4.71. The Hall–Kier alpha value is -0.160. The lowest BCUT2D eigenvalue weighted by molar-refractivity contribution is -0.118. The first-order chi connectivity index (χ1) is 3.38. The van der Waals surface area contributed by atoms with Crippen LogP contribution in [0.1, 0.15) is 0 Å². The number of fused-ring (bicyclic) bond motifs is 1. The topological polar surface area (TPSA) is 39.0 Å². The Morgan fingerprint density at radius 2 is 2.43 bits per heavy atom. The lowest BCUT2D eigenvalue weighted by atomic mass is 10.7. The molecule has 7 heavy (non-hydrogen) atoms. The minimum absolute atomic E-state index is 0.0972. The van der Waals surface area contributed by atoms with E-state index < -0.39 is 0 Å². The summed E-state index contributed by atoms with van der Waals surface area (Å²) in [5.41, 5.74) is 0. The molecule has 0 aromatic carbocycles. The molecule has 0 saturated carbocycles. The summed E-state index contributed by atoms with van der Waals surface area (Å²) >= 11 is 0. The Morgan fingerprint density at radius 3 is 2.57 bits per heavy atom. The van der Waals surface area contributed by atoms with Gasteiger partial charge in [-0.15, -0.1) is 10.1 Å². The molecule has 2 atom stereocenters. The van der Waals surface area contributed by atoms with Crippen LogP contribution in [0.15, 0.2) is 0 Å². The largest absolute Gasteiger partial charge is 0.310 e. The average molecular weight is 102 g/mol. The van der Waals surface area contributed by atoms with Gasteiger partial charge in [0.15, 0.2) is 0 Å². The second-order valence-corrected chi connectivity index (χ2v) is 1.74. The third-order valence-corrected chi connectivity index (χ3v) is 1.23. The van der Waals surface area contributed by atoms with Crippen molar-refractivity contribution in [1.29, 1.82) is 0 Å². The van der Waals surface area contributed by atoms with Crippen LogP contribution in [0.25, 0.3) is 0 Å². The van der Waals surface area contributed by atoms with Crippen LogP contribution in [-0.4, -0.2) is 34.8 Å². The molecule has 2 aliphatic heterocycles. The number of hydrogen-bond donors (Lipinski definition) is 1. The molecular weight excluding hydrogens is 96.0 g/mol. The van der Waals surface area contributed by atoms with Gasteiger partial charge in [0.05, 0.1) is 0 Å². The van der Waals surface area contributed by atoms with Crippen LogP contribution in [0.2, 0.25) is 0 Å². The number of nitrogens with zero attached hydrogens (tertiary/aromatic N) is 2. The predicted molar refractivity (Wildman–Crippen MR) is 20.1 cm³/mol. The third kappa shape index (κ3) is 0.391. The molecule has 2 aliphatic rings. The van der Waals surface area contributed by atoms with Crippen LogP contribution in [0.5, 0.6) is 0 Å². The van der Waals surface area contributed by atoms with Crippen LogP contribution in [0.4, 0.5) is 0 Å². The Labute approximate surface area is 40.8 Å². The van der Waals surface area contributed by atoms with Gasteiger partial charge < -0.3 is 5.21 Å². The first-order valence-corrected chi connectivity index (χ1v) is 2.27. The molecule has 40 valence electrons. The smallest absolute Gasteiger partial charge is 0.231 e. The molecule has 2 fully saturated rings. The minimum atomic E-state index is -0.0972. The van der Waals surface area contributed by atoms with Gasteiger partial charge in [0.1, 0.15) is 0 Å². The molecule has 0 aliphatic carbocycles. The second kappa shape index (κ2) is 0.976. The molecule has 0 aromatic rings. The lowest BCUT2D eigenvalue weighted by Gasteiger charge is -1.99. The van der Waals surface area contributed by atoms with Crippen molar-refractivity contribution in [1.82, 2.24) is 10.1 Å². The summed E-state index contributed by atoms with van der Waals surface area (Å²) in [5.74, 6) is 0. The molecule has 4 heteroatoms. The molecule has 2 rings (SSSR count). The van der Waals surface area contributed by atoms with Crippen molar-refractivity contribution in [2.75, 3.05) is 13.1 Å². The van der Waals surface area contributed by atoms with Crippen molar-refractivity contribution in [3.05, 3.63) is 0 Å². The number of rotatable bonds is 0. The van der Waals surface area contributed by atoms with Gasteiger partial charge in [-0.1, -0.05) is 0 Å². The highest BCUT2D eigenvalue weighted by atomic mass is 16.9. The molecule has 2 unspecified atom stereocenters. The zero-order valence-electron chi connectivity index (χ0n) is 3.74. The van der Waals surface area contributed by atoms with E-state index in [9.17, 15) is 0 Å². The van der Waals surface area contributed by atoms with Gasteiger partial charge in [0.25, 0.3) is 0 Å². The van der Waals surface area contributed by atoms with Crippen molar-refractivity contribution in [3.63, 3.8) is 0 Å². The number of hydroxylamine groups is 4. The van der Waals surface area contributed by atoms with Gasteiger partial charge in [0.2, 0.25) is 6.35 Å². The SMILES string of the molecule is ON1CCN2OC12. The van der Waals surface area contributed by atoms with Crippen LogP contribution in [0, 0.1) is 0 Å². The highest BCUT2D eigenvalue weighted by Gasteiger charge is 2.47. The standard InChI is InChI=1S/C3H6N2O2/c6-4-1-2-5-3(4)7-5/h3,6H,1-2H2. The fourth-order valence-electron chi connectivity index (χ4n) is 0.772. The van der Waals surface area contributed by atoms with E-state index in [0.29, 0.717) is 6.54 Å². The fraction of sp³-hybridized carbons (Fsp3) is 1.00. The Morgan fingerprint density at radius 1 is 1.57 bits per heavy atom. The maximum absolute atomic E-state index is 8.71. The van der Waals surface area contributed by atoms with Crippen LogP contribution in [-0.2, 0) is 4.84 Å². The predicted octanol–water partition coefficient (Wildman–Crippen LogP) is -0.778. The van der Waals surface area contributed by atoms with Gasteiger partial charge in [-0.2, -0.15) is 0 Å². The molecular formula is C3H6N2O2. The van der Waals surface area contributed by atoms with E-state index >= 15 is 0 Å². The van der Waals surface area contributed by atoms with E-state index in [1.54, 1.807) is 5.06 Å².